The second kappa shape index (κ2) is 6.61. The van der Waals surface area contributed by atoms with Gasteiger partial charge in [0.2, 0.25) is 0 Å². The summed E-state index contributed by atoms with van der Waals surface area (Å²) in [5.74, 6) is 1.08. The van der Waals surface area contributed by atoms with Gasteiger partial charge in [-0.3, -0.25) is 4.79 Å². The second-order valence-corrected chi connectivity index (χ2v) is 7.94. The standard InChI is InChI=1S/C20H16BrNOS/c21-18-9-7-15(8-10-18)20-22(11-12-24-20)19(23)17-6-5-14-3-1-2-4-16(14)13-17/h1-10,13,20H,11-12H2. The van der Waals surface area contributed by atoms with E-state index < -0.39 is 0 Å². The molecule has 1 aliphatic rings. The molecule has 1 aliphatic heterocycles. The Morgan fingerprint density at radius 2 is 1.75 bits per heavy atom. The summed E-state index contributed by atoms with van der Waals surface area (Å²) in [6.07, 6.45) is 0. The summed E-state index contributed by atoms with van der Waals surface area (Å²) < 4.78 is 1.06. The van der Waals surface area contributed by atoms with Crippen LogP contribution in [0.2, 0.25) is 0 Å². The molecule has 24 heavy (non-hydrogen) atoms. The molecule has 1 unspecified atom stereocenters. The highest BCUT2D eigenvalue weighted by atomic mass is 79.9. The summed E-state index contributed by atoms with van der Waals surface area (Å²) in [5.41, 5.74) is 1.94. The molecule has 0 aromatic heterocycles. The summed E-state index contributed by atoms with van der Waals surface area (Å²) >= 11 is 5.30. The highest BCUT2D eigenvalue weighted by Crippen LogP contribution is 2.39. The van der Waals surface area contributed by atoms with Crippen molar-refractivity contribution in [2.75, 3.05) is 12.3 Å². The van der Waals surface area contributed by atoms with Crippen molar-refractivity contribution in [3.63, 3.8) is 0 Å². The molecule has 0 aliphatic carbocycles. The Balaban J connectivity index is 1.65. The molecule has 0 saturated carbocycles. The topological polar surface area (TPSA) is 20.3 Å². The maximum absolute atomic E-state index is 13.0. The molecule has 3 aromatic carbocycles. The van der Waals surface area contributed by atoms with Crippen molar-refractivity contribution in [2.24, 2.45) is 0 Å². The Bertz CT molecular complexity index is 894. The van der Waals surface area contributed by atoms with Gasteiger partial charge in [-0.15, -0.1) is 11.8 Å². The summed E-state index contributed by atoms with van der Waals surface area (Å²) in [7, 11) is 0. The number of benzene rings is 3. The fourth-order valence-corrected chi connectivity index (χ4v) is 4.59. The maximum Gasteiger partial charge on any atom is 0.255 e. The van der Waals surface area contributed by atoms with Crippen LogP contribution in [-0.4, -0.2) is 23.1 Å². The highest BCUT2D eigenvalue weighted by Gasteiger charge is 2.31. The highest BCUT2D eigenvalue weighted by molar-refractivity contribution is 9.10. The van der Waals surface area contributed by atoms with Crippen LogP contribution in [0.25, 0.3) is 10.8 Å². The van der Waals surface area contributed by atoms with Gasteiger partial charge in [0.25, 0.3) is 5.91 Å². The summed E-state index contributed by atoms with van der Waals surface area (Å²) in [6, 6.07) is 22.4. The van der Waals surface area contributed by atoms with E-state index in [1.165, 1.54) is 5.56 Å². The predicted octanol–water partition coefficient (Wildman–Crippen LogP) is 5.49. The third kappa shape index (κ3) is 2.96. The molecule has 1 heterocycles. The van der Waals surface area contributed by atoms with Gasteiger partial charge >= 0.3 is 0 Å². The van der Waals surface area contributed by atoms with Gasteiger partial charge in [-0.05, 0) is 40.6 Å². The number of hydrogen-bond acceptors (Lipinski definition) is 2. The van der Waals surface area contributed by atoms with Crippen LogP contribution >= 0.6 is 27.7 Å². The molecular weight excluding hydrogens is 382 g/mol. The van der Waals surface area contributed by atoms with E-state index in [0.717, 1.165) is 33.1 Å². The average Bonchev–Trinajstić information content (AvgIpc) is 3.11. The van der Waals surface area contributed by atoms with E-state index in [1.54, 1.807) is 0 Å². The van der Waals surface area contributed by atoms with Crippen LogP contribution in [0.4, 0.5) is 0 Å². The van der Waals surface area contributed by atoms with Gasteiger partial charge in [-0.2, -0.15) is 0 Å². The zero-order valence-corrected chi connectivity index (χ0v) is 15.4. The van der Waals surface area contributed by atoms with Crippen LogP contribution in [0, 0.1) is 0 Å². The molecule has 1 atom stereocenters. The van der Waals surface area contributed by atoms with Crippen molar-refractivity contribution in [1.29, 1.82) is 0 Å². The summed E-state index contributed by atoms with van der Waals surface area (Å²) in [5, 5.41) is 2.36. The third-order valence-corrected chi connectivity index (χ3v) is 6.09. The van der Waals surface area contributed by atoms with E-state index in [-0.39, 0.29) is 11.3 Å². The molecule has 1 saturated heterocycles. The molecule has 1 fully saturated rings. The third-order valence-electron chi connectivity index (χ3n) is 4.30. The minimum absolute atomic E-state index is 0.0945. The normalized spacial score (nSPS) is 17.4. The van der Waals surface area contributed by atoms with Crippen molar-refractivity contribution in [3.05, 3.63) is 82.3 Å². The number of fused-ring (bicyclic) bond motifs is 1. The minimum Gasteiger partial charge on any atom is -0.322 e. The minimum atomic E-state index is 0.0945. The van der Waals surface area contributed by atoms with E-state index in [2.05, 4.69) is 40.2 Å². The number of hydrogen-bond donors (Lipinski definition) is 0. The van der Waals surface area contributed by atoms with Crippen LogP contribution in [0.15, 0.2) is 71.2 Å². The molecule has 0 N–H and O–H groups in total. The summed E-state index contributed by atoms with van der Waals surface area (Å²) in [4.78, 5) is 15.0. The molecule has 0 bridgehead atoms. The largest absolute Gasteiger partial charge is 0.322 e. The van der Waals surface area contributed by atoms with E-state index >= 15 is 0 Å². The lowest BCUT2D eigenvalue weighted by atomic mass is 10.1. The lowest BCUT2D eigenvalue weighted by Gasteiger charge is -2.24. The maximum atomic E-state index is 13.0. The van der Waals surface area contributed by atoms with Crippen molar-refractivity contribution < 1.29 is 4.79 Å². The Morgan fingerprint density at radius 3 is 2.54 bits per heavy atom. The molecule has 3 aromatic rings. The molecule has 2 nitrogen and oxygen atoms in total. The first kappa shape index (κ1) is 15.7. The first-order valence-corrected chi connectivity index (χ1v) is 9.73. The number of carbonyl (C=O) groups is 1. The van der Waals surface area contributed by atoms with Gasteiger partial charge < -0.3 is 4.90 Å². The first-order chi connectivity index (χ1) is 11.7. The number of halogens is 1. The molecular formula is C20H16BrNOS. The monoisotopic (exact) mass is 397 g/mol. The number of carbonyl (C=O) groups excluding carboxylic acids is 1. The SMILES string of the molecule is O=C(c1ccc2ccccc2c1)N1CCSC1c1ccc(Br)cc1. The van der Waals surface area contributed by atoms with Crippen LogP contribution in [0.5, 0.6) is 0 Å². The fourth-order valence-electron chi connectivity index (χ4n) is 3.07. The zero-order valence-electron chi connectivity index (χ0n) is 13.0. The van der Waals surface area contributed by atoms with E-state index in [0.29, 0.717) is 0 Å². The number of nitrogens with zero attached hydrogens (tertiary/aromatic N) is 1. The smallest absolute Gasteiger partial charge is 0.255 e. The van der Waals surface area contributed by atoms with Gasteiger partial charge in [0.15, 0.2) is 0 Å². The Kier molecular flexibility index (Phi) is 4.33. The van der Waals surface area contributed by atoms with Gasteiger partial charge in [-0.1, -0.05) is 58.4 Å². The van der Waals surface area contributed by atoms with E-state index in [9.17, 15) is 4.79 Å². The molecule has 0 radical (unpaired) electrons. The van der Waals surface area contributed by atoms with Gasteiger partial charge in [0.05, 0.1) is 0 Å². The molecule has 4 rings (SSSR count). The molecule has 120 valence electrons. The lowest BCUT2D eigenvalue weighted by molar-refractivity contribution is 0.0760. The van der Waals surface area contributed by atoms with E-state index in [4.69, 9.17) is 0 Å². The first-order valence-electron chi connectivity index (χ1n) is 7.89. The quantitative estimate of drug-likeness (QED) is 0.569. The van der Waals surface area contributed by atoms with Crippen LogP contribution in [0.1, 0.15) is 21.3 Å². The number of amides is 1. The van der Waals surface area contributed by atoms with Gasteiger partial charge in [0.1, 0.15) is 5.37 Å². The van der Waals surface area contributed by atoms with Crippen molar-refractivity contribution in [2.45, 2.75) is 5.37 Å². The Morgan fingerprint density at radius 1 is 1.00 bits per heavy atom. The van der Waals surface area contributed by atoms with Crippen LogP contribution in [-0.2, 0) is 0 Å². The Labute approximate surface area is 154 Å². The van der Waals surface area contributed by atoms with Gasteiger partial charge in [-0.25, -0.2) is 0 Å². The fraction of sp³-hybridized carbons (Fsp3) is 0.150. The van der Waals surface area contributed by atoms with Gasteiger partial charge in [0, 0.05) is 22.3 Å². The zero-order chi connectivity index (χ0) is 16.5. The second-order valence-electron chi connectivity index (χ2n) is 5.84. The van der Waals surface area contributed by atoms with E-state index in [1.807, 2.05) is 59.1 Å². The van der Waals surface area contributed by atoms with Crippen molar-refractivity contribution >= 4 is 44.4 Å². The van der Waals surface area contributed by atoms with Crippen LogP contribution < -0.4 is 0 Å². The lowest BCUT2D eigenvalue weighted by Crippen LogP contribution is -2.30. The predicted molar refractivity (Wildman–Crippen MR) is 104 cm³/mol. The van der Waals surface area contributed by atoms with Crippen molar-refractivity contribution in [3.8, 4) is 0 Å². The molecule has 4 heteroatoms. The number of rotatable bonds is 2. The summed E-state index contributed by atoms with van der Waals surface area (Å²) in [6.45, 7) is 0.789. The number of thioether (sulfide) groups is 1. The average molecular weight is 398 g/mol. The van der Waals surface area contributed by atoms with Crippen LogP contribution in [0.3, 0.4) is 0 Å². The van der Waals surface area contributed by atoms with Crippen molar-refractivity contribution in [1.82, 2.24) is 4.90 Å². The Hall–Kier alpha value is -1.78. The molecule has 0 spiro atoms. The molecule has 1 amide bonds.